The molecule has 0 aliphatic carbocycles. The van der Waals surface area contributed by atoms with Crippen molar-refractivity contribution < 1.29 is 9.47 Å². The van der Waals surface area contributed by atoms with Gasteiger partial charge >= 0.3 is 0 Å². The number of hydrogen-bond acceptors (Lipinski definition) is 5. The molecule has 3 heterocycles. The van der Waals surface area contributed by atoms with Crippen LogP contribution < -0.4 is 9.47 Å². The molecule has 2 aromatic heterocycles. The summed E-state index contributed by atoms with van der Waals surface area (Å²) in [7, 11) is 5.33. The highest BCUT2D eigenvalue weighted by atomic mass is 16.5. The zero-order valence-electron chi connectivity index (χ0n) is 18.5. The fourth-order valence-electron chi connectivity index (χ4n) is 4.64. The summed E-state index contributed by atoms with van der Waals surface area (Å²) in [6, 6.07) is 9.12. The van der Waals surface area contributed by atoms with Gasteiger partial charge in [-0.3, -0.25) is 9.58 Å². The standard InChI is InChI=1S/C24H32N4O2/c1-17-21-13-19(15-25-24(21)27(2)26-17)16-28-12-6-5-7-20(28)10-8-18-9-11-22(29-3)23(14-18)30-4/h9,11,13-15,20H,5-8,10,12,16H2,1-4H3. The Morgan fingerprint density at radius 3 is 2.70 bits per heavy atom. The number of benzene rings is 1. The van der Waals surface area contributed by atoms with Gasteiger partial charge in [-0.25, -0.2) is 4.98 Å². The van der Waals surface area contributed by atoms with E-state index in [4.69, 9.17) is 9.47 Å². The molecule has 0 spiro atoms. The molecule has 1 saturated heterocycles. The lowest BCUT2D eigenvalue weighted by Gasteiger charge is -2.36. The van der Waals surface area contributed by atoms with E-state index in [2.05, 4.69) is 40.1 Å². The summed E-state index contributed by atoms with van der Waals surface area (Å²) in [6.07, 6.45) is 8.05. The van der Waals surface area contributed by atoms with E-state index in [0.29, 0.717) is 6.04 Å². The minimum Gasteiger partial charge on any atom is -0.493 e. The van der Waals surface area contributed by atoms with Gasteiger partial charge in [-0.1, -0.05) is 12.5 Å². The van der Waals surface area contributed by atoms with Crippen LogP contribution in [0.25, 0.3) is 11.0 Å². The van der Waals surface area contributed by atoms with E-state index in [1.165, 1.54) is 30.4 Å². The Morgan fingerprint density at radius 1 is 1.07 bits per heavy atom. The van der Waals surface area contributed by atoms with Gasteiger partial charge in [-0.05, 0) is 68.5 Å². The van der Waals surface area contributed by atoms with Crippen molar-refractivity contribution in [1.82, 2.24) is 19.7 Å². The van der Waals surface area contributed by atoms with Gasteiger partial charge in [-0.2, -0.15) is 5.10 Å². The molecular weight excluding hydrogens is 376 g/mol. The van der Waals surface area contributed by atoms with E-state index < -0.39 is 0 Å². The SMILES string of the molecule is COc1ccc(CCC2CCCCN2Cc2cnc3c(c2)c(C)nn3C)cc1OC. The van der Waals surface area contributed by atoms with Crippen LogP contribution in [-0.4, -0.2) is 46.5 Å². The number of methoxy groups -OCH3 is 2. The maximum absolute atomic E-state index is 5.47. The van der Waals surface area contributed by atoms with Gasteiger partial charge in [0, 0.05) is 31.2 Å². The molecule has 3 aromatic rings. The highest BCUT2D eigenvalue weighted by Gasteiger charge is 2.23. The first-order valence-corrected chi connectivity index (χ1v) is 10.8. The molecule has 1 aromatic carbocycles. The lowest BCUT2D eigenvalue weighted by molar-refractivity contribution is 0.132. The summed E-state index contributed by atoms with van der Waals surface area (Å²) >= 11 is 0. The van der Waals surface area contributed by atoms with Crippen LogP contribution >= 0.6 is 0 Å². The fourth-order valence-corrected chi connectivity index (χ4v) is 4.64. The number of aromatic nitrogens is 3. The van der Waals surface area contributed by atoms with Crippen molar-refractivity contribution in [2.75, 3.05) is 20.8 Å². The molecule has 1 atom stereocenters. The average Bonchev–Trinajstić information content (AvgIpc) is 3.05. The smallest absolute Gasteiger partial charge is 0.160 e. The summed E-state index contributed by atoms with van der Waals surface area (Å²) in [5.74, 6) is 1.59. The molecule has 0 bridgehead atoms. The minimum atomic E-state index is 0.595. The Kier molecular flexibility index (Phi) is 6.23. The van der Waals surface area contributed by atoms with Gasteiger partial charge < -0.3 is 9.47 Å². The second-order valence-corrected chi connectivity index (χ2v) is 8.27. The molecular formula is C24H32N4O2. The number of fused-ring (bicyclic) bond motifs is 1. The summed E-state index contributed by atoms with van der Waals surface area (Å²) in [5, 5.41) is 5.66. The van der Waals surface area contributed by atoms with E-state index >= 15 is 0 Å². The van der Waals surface area contributed by atoms with Crippen molar-refractivity contribution in [3.63, 3.8) is 0 Å². The van der Waals surface area contributed by atoms with E-state index in [1.54, 1.807) is 14.2 Å². The molecule has 0 radical (unpaired) electrons. The molecule has 1 aliphatic rings. The van der Waals surface area contributed by atoms with E-state index in [0.717, 1.165) is 54.2 Å². The van der Waals surface area contributed by atoms with Crippen LogP contribution in [0.2, 0.25) is 0 Å². The summed E-state index contributed by atoms with van der Waals surface area (Å²) < 4.78 is 12.7. The molecule has 1 fully saturated rings. The second-order valence-electron chi connectivity index (χ2n) is 8.27. The van der Waals surface area contributed by atoms with Crippen molar-refractivity contribution >= 4 is 11.0 Å². The summed E-state index contributed by atoms with van der Waals surface area (Å²) in [5.41, 5.74) is 4.58. The largest absolute Gasteiger partial charge is 0.493 e. The molecule has 0 amide bonds. The Hall–Kier alpha value is -2.60. The number of piperidine rings is 1. The number of rotatable bonds is 7. The first-order valence-electron chi connectivity index (χ1n) is 10.8. The Bertz CT molecular complexity index is 1010. The first kappa shape index (κ1) is 20.7. The number of likely N-dealkylation sites (tertiary alicyclic amines) is 1. The van der Waals surface area contributed by atoms with Gasteiger partial charge in [-0.15, -0.1) is 0 Å². The van der Waals surface area contributed by atoms with Crippen LogP contribution in [0.15, 0.2) is 30.5 Å². The Balaban J connectivity index is 1.45. The maximum Gasteiger partial charge on any atom is 0.160 e. The van der Waals surface area contributed by atoms with Crippen LogP contribution in [0.5, 0.6) is 11.5 Å². The van der Waals surface area contributed by atoms with Gasteiger partial charge in [0.2, 0.25) is 0 Å². The third-order valence-electron chi connectivity index (χ3n) is 6.27. The van der Waals surface area contributed by atoms with Gasteiger partial charge in [0.1, 0.15) is 0 Å². The van der Waals surface area contributed by atoms with Crippen LogP contribution in [0.1, 0.15) is 42.5 Å². The quantitative estimate of drug-likeness (QED) is 0.584. The van der Waals surface area contributed by atoms with E-state index in [9.17, 15) is 0 Å². The number of pyridine rings is 1. The zero-order chi connectivity index (χ0) is 21.1. The molecule has 0 saturated carbocycles. The van der Waals surface area contributed by atoms with Crippen molar-refractivity contribution in [1.29, 1.82) is 0 Å². The molecule has 6 heteroatoms. The monoisotopic (exact) mass is 408 g/mol. The van der Waals surface area contributed by atoms with Crippen molar-refractivity contribution in [2.24, 2.45) is 7.05 Å². The van der Waals surface area contributed by atoms with Gasteiger partial charge in [0.15, 0.2) is 17.1 Å². The van der Waals surface area contributed by atoms with Crippen LogP contribution in [0.3, 0.4) is 0 Å². The third kappa shape index (κ3) is 4.29. The normalized spacial score (nSPS) is 17.4. The first-order chi connectivity index (χ1) is 14.6. The maximum atomic E-state index is 5.47. The molecule has 6 nitrogen and oxygen atoms in total. The predicted octanol–water partition coefficient (Wildman–Crippen LogP) is 4.28. The number of hydrogen-bond donors (Lipinski definition) is 0. The number of nitrogens with zero attached hydrogens (tertiary/aromatic N) is 4. The minimum absolute atomic E-state index is 0.595. The van der Waals surface area contributed by atoms with Gasteiger partial charge in [0.25, 0.3) is 0 Å². The topological polar surface area (TPSA) is 52.4 Å². The number of ether oxygens (including phenoxy) is 2. The molecule has 160 valence electrons. The van der Waals surface area contributed by atoms with Crippen molar-refractivity contribution in [2.45, 2.75) is 51.6 Å². The highest BCUT2D eigenvalue weighted by molar-refractivity contribution is 5.78. The number of aryl methyl sites for hydroxylation is 3. The van der Waals surface area contributed by atoms with Crippen LogP contribution in [0, 0.1) is 6.92 Å². The predicted molar refractivity (Wildman–Crippen MR) is 119 cm³/mol. The summed E-state index contributed by atoms with van der Waals surface area (Å²) in [4.78, 5) is 7.31. The molecule has 0 N–H and O–H groups in total. The lowest BCUT2D eigenvalue weighted by atomic mass is 9.95. The highest BCUT2D eigenvalue weighted by Crippen LogP contribution is 2.29. The zero-order valence-corrected chi connectivity index (χ0v) is 18.5. The molecule has 1 aliphatic heterocycles. The lowest BCUT2D eigenvalue weighted by Crippen LogP contribution is -2.39. The molecule has 4 rings (SSSR count). The Labute approximate surface area is 178 Å². The third-order valence-corrected chi connectivity index (χ3v) is 6.27. The Morgan fingerprint density at radius 2 is 1.90 bits per heavy atom. The van der Waals surface area contributed by atoms with E-state index in [1.807, 2.05) is 24.0 Å². The fraction of sp³-hybridized carbons (Fsp3) is 0.500. The van der Waals surface area contributed by atoms with Crippen LogP contribution in [-0.2, 0) is 20.0 Å². The van der Waals surface area contributed by atoms with Crippen molar-refractivity contribution in [3.05, 3.63) is 47.3 Å². The second kappa shape index (κ2) is 9.04. The van der Waals surface area contributed by atoms with Crippen LogP contribution in [0.4, 0.5) is 0 Å². The van der Waals surface area contributed by atoms with Crippen molar-refractivity contribution in [3.8, 4) is 11.5 Å². The van der Waals surface area contributed by atoms with Gasteiger partial charge in [0.05, 0.1) is 19.9 Å². The average molecular weight is 409 g/mol. The van der Waals surface area contributed by atoms with E-state index in [-0.39, 0.29) is 0 Å². The molecule has 30 heavy (non-hydrogen) atoms. The summed E-state index contributed by atoms with van der Waals surface area (Å²) in [6.45, 7) is 4.16. The molecule has 1 unspecified atom stereocenters.